The molecule has 3 heterocycles. The van der Waals surface area contributed by atoms with Crippen molar-refractivity contribution in [1.82, 2.24) is 19.9 Å². The Labute approximate surface area is 136 Å². The maximum atomic E-state index is 12.8. The van der Waals surface area contributed by atoms with E-state index in [4.69, 9.17) is 4.74 Å². The van der Waals surface area contributed by atoms with Crippen LogP contribution in [-0.4, -0.2) is 52.1 Å². The second kappa shape index (κ2) is 6.01. The molecular formula is C15H18N4O3S. The number of fused-ring (bicyclic) bond motifs is 3. The van der Waals surface area contributed by atoms with Gasteiger partial charge in [-0.1, -0.05) is 5.21 Å². The van der Waals surface area contributed by atoms with Crippen LogP contribution in [-0.2, 0) is 28.9 Å². The number of aromatic nitrogens is 3. The Bertz CT molecular complexity index is 807. The van der Waals surface area contributed by atoms with E-state index in [1.807, 2.05) is 0 Å². The summed E-state index contributed by atoms with van der Waals surface area (Å²) in [6, 6.07) is 0. The molecule has 8 heteroatoms. The lowest BCUT2D eigenvalue weighted by molar-refractivity contribution is -0.136. The molecule has 0 saturated carbocycles. The Balaban J connectivity index is 1.66. The Kier molecular flexibility index (Phi) is 3.86. The first kappa shape index (κ1) is 14.8. The molecule has 4 rings (SSSR count). The van der Waals surface area contributed by atoms with Crippen molar-refractivity contribution in [3.05, 3.63) is 20.8 Å². The molecule has 1 amide bonds. The number of nitrogens with zero attached hydrogens (tertiary/aromatic N) is 4. The van der Waals surface area contributed by atoms with E-state index >= 15 is 0 Å². The second-order valence-corrected chi connectivity index (χ2v) is 7.02. The van der Waals surface area contributed by atoms with Crippen molar-refractivity contribution in [2.24, 2.45) is 0 Å². The van der Waals surface area contributed by atoms with Crippen molar-refractivity contribution < 1.29 is 9.53 Å². The lowest BCUT2D eigenvalue weighted by atomic mass is 9.97. The number of morpholine rings is 1. The summed E-state index contributed by atoms with van der Waals surface area (Å²) < 4.78 is 6.45. The summed E-state index contributed by atoms with van der Waals surface area (Å²) in [5, 5.41) is 8.83. The molecule has 0 atom stereocenters. The molecular weight excluding hydrogens is 316 g/mol. The van der Waals surface area contributed by atoms with E-state index in [-0.39, 0.29) is 18.0 Å². The monoisotopic (exact) mass is 334 g/mol. The normalized spacial score (nSPS) is 18.2. The first-order valence-electron chi connectivity index (χ1n) is 7.97. The minimum Gasteiger partial charge on any atom is -0.378 e. The molecule has 122 valence electrons. The van der Waals surface area contributed by atoms with Gasteiger partial charge in [-0.05, 0) is 31.2 Å². The molecule has 2 aliphatic rings. The van der Waals surface area contributed by atoms with Gasteiger partial charge in [0.05, 0.1) is 18.6 Å². The van der Waals surface area contributed by atoms with Crippen molar-refractivity contribution in [3.8, 4) is 0 Å². The number of rotatable bonds is 2. The molecule has 1 fully saturated rings. The Morgan fingerprint density at radius 2 is 2.00 bits per heavy atom. The lowest BCUT2D eigenvalue weighted by Crippen LogP contribution is -2.43. The van der Waals surface area contributed by atoms with Crippen LogP contribution in [0.2, 0.25) is 0 Å². The highest BCUT2D eigenvalue weighted by Gasteiger charge is 2.23. The summed E-state index contributed by atoms with van der Waals surface area (Å²) >= 11 is 1.57. The quantitative estimate of drug-likeness (QED) is 0.803. The predicted octanol–water partition coefficient (Wildman–Crippen LogP) is 0.591. The highest BCUT2D eigenvalue weighted by Crippen LogP contribution is 2.33. The third-order valence-corrected chi connectivity index (χ3v) is 5.67. The average Bonchev–Trinajstić information content (AvgIpc) is 2.97. The van der Waals surface area contributed by atoms with Crippen molar-refractivity contribution in [2.75, 3.05) is 26.3 Å². The Hall–Kier alpha value is -1.80. The van der Waals surface area contributed by atoms with Crippen LogP contribution in [0.15, 0.2) is 4.79 Å². The molecule has 0 bridgehead atoms. The molecule has 23 heavy (non-hydrogen) atoms. The van der Waals surface area contributed by atoms with E-state index in [0.717, 1.165) is 31.2 Å². The van der Waals surface area contributed by atoms with Gasteiger partial charge in [0.15, 0.2) is 4.83 Å². The molecule has 0 radical (unpaired) electrons. The highest BCUT2D eigenvalue weighted by molar-refractivity contribution is 7.18. The number of amides is 1. The average molecular weight is 334 g/mol. The van der Waals surface area contributed by atoms with Crippen LogP contribution in [0.1, 0.15) is 23.3 Å². The number of aryl methyl sites for hydroxylation is 2. The van der Waals surface area contributed by atoms with E-state index in [1.54, 1.807) is 16.2 Å². The zero-order chi connectivity index (χ0) is 15.8. The molecule has 0 N–H and O–H groups in total. The molecule has 2 aromatic rings. The number of thiophene rings is 1. The van der Waals surface area contributed by atoms with Gasteiger partial charge < -0.3 is 9.64 Å². The molecule has 1 saturated heterocycles. The zero-order valence-corrected chi connectivity index (χ0v) is 13.6. The highest BCUT2D eigenvalue weighted by atomic mass is 32.1. The molecule has 0 aromatic carbocycles. The molecule has 7 nitrogen and oxygen atoms in total. The standard InChI is InChI=1S/C15H18N4O3S/c20-12(18-5-7-22-8-6-18)9-19-15(21)13-10-3-1-2-4-11(10)23-14(13)16-17-19/h1-9H2. The minimum absolute atomic E-state index is 0.0492. The fourth-order valence-corrected chi connectivity index (χ4v) is 4.45. The lowest BCUT2D eigenvalue weighted by Gasteiger charge is -2.26. The van der Waals surface area contributed by atoms with E-state index in [2.05, 4.69) is 10.3 Å². The first-order chi connectivity index (χ1) is 11.2. The molecule has 0 spiro atoms. The third kappa shape index (κ3) is 2.66. The topological polar surface area (TPSA) is 77.3 Å². The fourth-order valence-electron chi connectivity index (χ4n) is 3.25. The van der Waals surface area contributed by atoms with Crippen LogP contribution in [0.3, 0.4) is 0 Å². The largest absolute Gasteiger partial charge is 0.378 e. The maximum absolute atomic E-state index is 12.8. The number of carbonyl (C=O) groups is 1. The van der Waals surface area contributed by atoms with Crippen molar-refractivity contribution in [1.29, 1.82) is 0 Å². The summed E-state index contributed by atoms with van der Waals surface area (Å²) in [6.45, 7) is 2.17. The SMILES string of the molecule is O=C(Cn1nnc2sc3c(c2c1=O)CCCC3)N1CCOCC1. The van der Waals surface area contributed by atoms with Gasteiger partial charge in [-0.25, -0.2) is 4.68 Å². The van der Waals surface area contributed by atoms with Crippen molar-refractivity contribution >= 4 is 27.5 Å². The molecule has 0 unspecified atom stereocenters. The van der Waals surface area contributed by atoms with Crippen LogP contribution in [0.4, 0.5) is 0 Å². The smallest absolute Gasteiger partial charge is 0.279 e. The van der Waals surface area contributed by atoms with Gasteiger partial charge in [0.25, 0.3) is 5.56 Å². The Morgan fingerprint density at radius 3 is 2.83 bits per heavy atom. The number of hydrogen-bond acceptors (Lipinski definition) is 6. The second-order valence-electron chi connectivity index (χ2n) is 5.94. The van der Waals surface area contributed by atoms with Crippen LogP contribution in [0.25, 0.3) is 10.2 Å². The van der Waals surface area contributed by atoms with E-state index in [9.17, 15) is 9.59 Å². The summed E-state index contributed by atoms with van der Waals surface area (Å²) in [5.74, 6) is -0.104. The van der Waals surface area contributed by atoms with E-state index < -0.39 is 0 Å². The van der Waals surface area contributed by atoms with Crippen LogP contribution < -0.4 is 5.56 Å². The molecule has 1 aliphatic heterocycles. The van der Waals surface area contributed by atoms with Gasteiger partial charge in [0.1, 0.15) is 6.54 Å². The van der Waals surface area contributed by atoms with Crippen LogP contribution >= 0.6 is 11.3 Å². The Morgan fingerprint density at radius 1 is 1.22 bits per heavy atom. The number of hydrogen-bond donors (Lipinski definition) is 0. The number of carbonyl (C=O) groups excluding carboxylic acids is 1. The van der Waals surface area contributed by atoms with E-state index in [1.165, 1.54) is 9.56 Å². The van der Waals surface area contributed by atoms with Gasteiger partial charge in [-0.2, -0.15) is 0 Å². The van der Waals surface area contributed by atoms with Crippen LogP contribution in [0.5, 0.6) is 0 Å². The molecule has 2 aromatic heterocycles. The van der Waals surface area contributed by atoms with Gasteiger partial charge in [0, 0.05) is 18.0 Å². The van der Waals surface area contributed by atoms with Gasteiger partial charge in [-0.3, -0.25) is 9.59 Å². The van der Waals surface area contributed by atoms with Gasteiger partial charge in [-0.15, -0.1) is 16.4 Å². The predicted molar refractivity (Wildman–Crippen MR) is 85.7 cm³/mol. The fraction of sp³-hybridized carbons (Fsp3) is 0.600. The van der Waals surface area contributed by atoms with Gasteiger partial charge in [0.2, 0.25) is 5.91 Å². The first-order valence-corrected chi connectivity index (χ1v) is 8.79. The summed E-state index contributed by atoms with van der Waals surface area (Å²) in [5.41, 5.74) is 0.944. The van der Waals surface area contributed by atoms with Crippen LogP contribution in [0, 0.1) is 0 Å². The molecule has 1 aliphatic carbocycles. The van der Waals surface area contributed by atoms with Gasteiger partial charge >= 0.3 is 0 Å². The summed E-state index contributed by atoms with van der Waals surface area (Å²) in [6.07, 6.45) is 4.21. The number of ether oxygens (including phenoxy) is 1. The van der Waals surface area contributed by atoms with E-state index in [0.29, 0.717) is 36.5 Å². The minimum atomic E-state index is -0.184. The maximum Gasteiger partial charge on any atom is 0.279 e. The van der Waals surface area contributed by atoms with Crippen molar-refractivity contribution in [2.45, 2.75) is 32.2 Å². The summed E-state index contributed by atoms with van der Waals surface area (Å²) in [4.78, 5) is 28.8. The third-order valence-electron chi connectivity index (χ3n) is 4.49. The zero-order valence-electron chi connectivity index (χ0n) is 12.8. The van der Waals surface area contributed by atoms with Crippen molar-refractivity contribution in [3.63, 3.8) is 0 Å². The summed E-state index contributed by atoms with van der Waals surface area (Å²) in [7, 11) is 0.